The van der Waals surface area contributed by atoms with E-state index in [1.54, 1.807) is 0 Å². The second kappa shape index (κ2) is 5.96. The van der Waals surface area contributed by atoms with Crippen molar-refractivity contribution in [1.29, 1.82) is 0 Å². The second-order valence-corrected chi connectivity index (χ2v) is 9.12. The zero-order chi connectivity index (χ0) is 17.8. The fourth-order valence-electron chi connectivity index (χ4n) is 3.49. The van der Waals surface area contributed by atoms with E-state index in [9.17, 15) is 0 Å². The molecule has 0 aliphatic carbocycles. The summed E-state index contributed by atoms with van der Waals surface area (Å²) >= 11 is 4.92. The molecule has 0 aliphatic rings. The maximum absolute atomic E-state index is 4.65. The van der Waals surface area contributed by atoms with Gasteiger partial charge in [-0.15, -0.1) is 22.7 Å². The number of rotatable bonds is 2. The van der Waals surface area contributed by atoms with Gasteiger partial charge in [-0.25, -0.2) is 0 Å². The van der Waals surface area contributed by atoms with Crippen molar-refractivity contribution >= 4 is 65.6 Å². The van der Waals surface area contributed by atoms with Crippen molar-refractivity contribution in [3.8, 4) is 20.9 Å². The molecule has 3 aromatic carbocycles. The summed E-state index contributed by atoms with van der Waals surface area (Å²) in [5.74, 6) is 0. The van der Waals surface area contributed by atoms with Crippen LogP contribution in [0.25, 0.3) is 52.1 Å². The Morgan fingerprint density at radius 1 is 0.556 bits per heavy atom. The number of thiophene rings is 2. The van der Waals surface area contributed by atoms with Crippen LogP contribution < -0.4 is 0 Å². The van der Waals surface area contributed by atoms with Gasteiger partial charge in [0, 0.05) is 30.3 Å². The Hall–Kier alpha value is -2.60. The van der Waals surface area contributed by atoms with Crippen LogP contribution in [0, 0.1) is 0 Å². The lowest BCUT2D eigenvalue weighted by Crippen LogP contribution is -1.81. The largest absolute Gasteiger partial charge is 0.172 e. The van der Waals surface area contributed by atoms with Crippen LogP contribution in [0.2, 0.25) is 0 Å². The fourth-order valence-corrected chi connectivity index (χ4v) is 6.25. The maximum atomic E-state index is 4.65. The van der Waals surface area contributed by atoms with Gasteiger partial charge in [0.1, 0.15) is 11.0 Å². The SMILES string of the molecule is c1ccc2sc(-c3ccc(-c4cc5ccccc5s4)c4nsnc34)cc2c1. The predicted molar refractivity (Wildman–Crippen MR) is 119 cm³/mol. The molecular weight excluding hydrogens is 388 g/mol. The Bertz CT molecular complexity index is 1260. The first-order valence-corrected chi connectivity index (χ1v) is 11.0. The summed E-state index contributed by atoms with van der Waals surface area (Å²) in [5, 5.41) is 2.56. The van der Waals surface area contributed by atoms with Crippen molar-refractivity contribution in [2.75, 3.05) is 0 Å². The minimum atomic E-state index is 1.00. The molecule has 0 bridgehead atoms. The summed E-state index contributed by atoms with van der Waals surface area (Å²) < 4.78 is 11.9. The first-order chi connectivity index (χ1) is 13.4. The van der Waals surface area contributed by atoms with Crippen molar-refractivity contribution in [3.05, 3.63) is 72.8 Å². The van der Waals surface area contributed by atoms with E-state index in [4.69, 9.17) is 0 Å². The van der Waals surface area contributed by atoms with E-state index in [1.807, 2.05) is 22.7 Å². The van der Waals surface area contributed by atoms with E-state index >= 15 is 0 Å². The highest BCUT2D eigenvalue weighted by Crippen LogP contribution is 2.41. The zero-order valence-corrected chi connectivity index (χ0v) is 16.5. The third-order valence-electron chi connectivity index (χ3n) is 4.80. The molecule has 0 saturated heterocycles. The van der Waals surface area contributed by atoms with E-state index in [2.05, 4.69) is 81.5 Å². The highest BCUT2D eigenvalue weighted by molar-refractivity contribution is 7.22. The summed E-state index contributed by atoms with van der Waals surface area (Å²) in [4.78, 5) is 2.49. The van der Waals surface area contributed by atoms with Gasteiger partial charge in [0.15, 0.2) is 0 Å². The molecule has 3 heterocycles. The Balaban J connectivity index is 1.57. The van der Waals surface area contributed by atoms with Crippen LogP contribution in [-0.4, -0.2) is 8.75 Å². The lowest BCUT2D eigenvalue weighted by atomic mass is 10.1. The quantitative estimate of drug-likeness (QED) is 0.301. The number of nitrogens with zero attached hydrogens (tertiary/aromatic N) is 2. The highest BCUT2D eigenvalue weighted by Gasteiger charge is 2.16. The van der Waals surface area contributed by atoms with E-state index in [0.717, 1.165) is 11.0 Å². The Labute approximate surface area is 167 Å². The molecule has 0 fully saturated rings. The molecule has 3 aromatic heterocycles. The molecule has 0 N–H and O–H groups in total. The molecule has 0 atom stereocenters. The summed E-state index contributed by atoms with van der Waals surface area (Å²) in [7, 11) is 0. The molecule has 0 unspecified atom stereocenters. The molecule has 5 heteroatoms. The van der Waals surface area contributed by atoms with Crippen molar-refractivity contribution in [2.45, 2.75) is 0 Å². The minimum absolute atomic E-state index is 1.00. The molecule has 0 saturated carbocycles. The van der Waals surface area contributed by atoms with Gasteiger partial charge in [0.2, 0.25) is 0 Å². The van der Waals surface area contributed by atoms with Gasteiger partial charge in [0.25, 0.3) is 0 Å². The molecule has 0 spiro atoms. The third kappa shape index (κ3) is 2.43. The first kappa shape index (κ1) is 15.5. The first-order valence-electron chi connectivity index (χ1n) is 8.60. The number of benzene rings is 3. The molecule has 0 amide bonds. The average Bonchev–Trinajstić information content (AvgIpc) is 3.43. The van der Waals surface area contributed by atoms with Crippen LogP contribution in [0.5, 0.6) is 0 Å². The average molecular weight is 401 g/mol. The molecule has 2 nitrogen and oxygen atoms in total. The zero-order valence-electron chi connectivity index (χ0n) is 14.0. The van der Waals surface area contributed by atoms with Crippen LogP contribution in [-0.2, 0) is 0 Å². The van der Waals surface area contributed by atoms with Gasteiger partial charge in [0.05, 0.1) is 11.7 Å². The molecular formula is C22H12N2S3. The monoisotopic (exact) mass is 400 g/mol. The smallest absolute Gasteiger partial charge is 0.114 e. The number of fused-ring (bicyclic) bond motifs is 3. The molecule has 0 aliphatic heterocycles. The lowest BCUT2D eigenvalue weighted by molar-refractivity contribution is 1.64. The number of hydrogen-bond acceptors (Lipinski definition) is 5. The van der Waals surface area contributed by atoms with Gasteiger partial charge in [-0.2, -0.15) is 8.75 Å². The van der Waals surface area contributed by atoms with Gasteiger partial charge in [-0.05, 0) is 35.0 Å². The van der Waals surface area contributed by atoms with Crippen molar-refractivity contribution in [3.63, 3.8) is 0 Å². The summed E-state index contributed by atoms with van der Waals surface area (Å²) in [6.07, 6.45) is 0. The van der Waals surface area contributed by atoms with E-state index in [0.29, 0.717) is 0 Å². The highest BCUT2D eigenvalue weighted by atomic mass is 32.1. The summed E-state index contributed by atoms with van der Waals surface area (Å²) in [6.45, 7) is 0. The topological polar surface area (TPSA) is 25.8 Å². The molecule has 6 aromatic rings. The molecule has 27 heavy (non-hydrogen) atoms. The van der Waals surface area contributed by atoms with Gasteiger partial charge in [-0.3, -0.25) is 0 Å². The fraction of sp³-hybridized carbons (Fsp3) is 0. The summed E-state index contributed by atoms with van der Waals surface area (Å²) in [6, 6.07) is 25.9. The van der Waals surface area contributed by atoms with Crippen LogP contribution in [0.15, 0.2) is 72.8 Å². The second-order valence-electron chi connectivity index (χ2n) is 6.42. The Morgan fingerprint density at radius 3 is 1.52 bits per heavy atom. The van der Waals surface area contributed by atoms with E-state index in [1.165, 1.54) is 52.8 Å². The Morgan fingerprint density at radius 2 is 1.04 bits per heavy atom. The van der Waals surface area contributed by atoms with Crippen LogP contribution >= 0.6 is 34.4 Å². The van der Waals surface area contributed by atoms with Gasteiger partial charge >= 0.3 is 0 Å². The van der Waals surface area contributed by atoms with Crippen molar-refractivity contribution < 1.29 is 0 Å². The van der Waals surface area contributed by atoms with Crippen LogP contribution in [0.1, 0.15) is 0 Å². The molecule has 6 rings (SSSR count). The predicted octanol–water partition coefficient (Wildman–Crippen LogP) is 7.45. The molecule has 0 radical (unpaired) electrons. The number of hydrogen-bond donors (Lipinski definition) is 0. The van der Waals surface area contributed by atoms with E-state index < -0.39 is 0 Å². The summed E-state index contributed by atoms with van der Waals surface area (Å²) in [5.41, 5.74) is 4.35. The van der Waals surface area contributed by atoms with E-state index in [-0.39, 0.29) is 0 Å². The minimum Gasteiger partial charge on any atom is -0.172 e. The Kier molecular flexibility index (Phi) is 3.41. The maximum Gasteiger partial charge on any atom is 0.114 e. The van der Waals surface area contributed by atoms with Crippen molar-refractivity contribution in [2.24, 2.45) is 0 Å². The van der Waals surface area contributed by atoms with Gasteiger partial charge in [-0.1, -0.05) is 48.5 Å². The van der Waals surface area contributed by atoms with Crippen molar-refractivity contribution in [1.82, 2.24) is 8.75 Å². The standard InChI is InChI=1S/C22H12N2S3/c1-3-7-17-13(5-1)11-19(25-17)15-9-10-16(22-21(15)23-27-24-22)20-12-14-6-2-4-8-18(14)26-20/h1-12H. The molecule has 128 valence electrons. The van der Waals surface area contributed by atoms with Crippen LogP contribution in [0.4, 0.5) is 0 Å². The van der Waals surface area contributed by atoms with Crippen LogP contribution in [0.3, 0.4) is 0 Å². The number of aromatic nitrogens is 2. The normalized spacial score (nSPS) is 11.7. The third-order valence-corrected chi connectivity index (χ3v) is 7.62. The lowest BCUT2D eigenvalue weighted by Gasteiger charge is -2.03. The van der Waals surface area contributed by atoms with Gasteiger partial charge < -0.3 is 0 Å².